The number of rotatable bonds is 4. The van der Waals surface area contributed by atoms with Gasteiger partial charge in [-0.05, 0) is 29.8 Å². The van der Waals surface area contributed by atoms with E-state index in [-0.39, 0.29) is 23.2 Å². The molecular formula is C19H15F3N2O5. The molecule has 0 saturated carbocycles. The molecule has 2 aromatic carbocycles. The summed E-state index contributed by atoms with van der Waals surface area (Å²) in [7, 11) is 0. The van der Waals surface area contributed by atoms with Gasteiger partial charge in [0.05, 0.1) is 23.2 Å². The Kier molecular flexibility index (Phi) is 6.60. The average Bonchev–Trinajstić information content (AvgIpc) is 3.06. The van der Waals surface area contributed by atoms with Crippen LogP contribution in [0.4, 0.5) is 13.2 Å². The lowest BCUT2D eigenvalue weighted by atomic mass is 10.1. The lowest BCUT2D eigenvalue weighted by Gasteiger charge is -2.12. The summed E-state index contributed by atoms with van der Waals surface area (Å²) in [6.45, 7) is -0.0992. The zero-order chi connectivity index (χ0) is 21.6. The molecule has 152 valence electrons. The minimum atomic E-state index is -4.41. The highest BCUT2D eigenvalue weighted by molar-refractivity contribution is 5.93. The Labute approximate surface area is 161 Å². The minimum Gasteiger partial charge on any atom is -0.478 e. The molecule has 0 amide bonds. The molecular weight excluding hydrogens is 393 g/mol. The number of carboxylic acids is 2. The summed E-state index contributed by atoms with van der Waals surface area (Å²) in [5.74, 6) is -2.25. The fraction of sp³-hybridized carbons (Fsp3) is 0.105. The first kappa shape index (κ1) is 21.5. The van der Waals surface area contributed by atoms with Gasteiger partial charge in [-0.2, -0.15) is 13.2 Å². The van der Waals surface area contributed by atoms with Gasteiger partial charge >= 0.3 is 23.8 Å². The van der Waals surface area contributed by atoms with Crippen molar-refractivity contribution in [3.63, 3.8) is 0 Å². The highest BCUT2D eigenvalue weighted by Gasteiger charge is 2.32. The second kappa shape index (κ2) is 8.91. The molecule has 3 N–H and O–H groups in total. The van der Waals surface area contributed by atoms with Gasteiger partial charge in [0.2, 0.25) is 0 Å². The number of hydrogen-bond donors (Lipinski definition) is 3. The minimum absolute atomic E-state index is 0.0186. The summed E-state index contributed by atoms with van der Waals surface area (Å²) >= 11 is 0. The van der Waals surface area contributed by atoms with Crippen LogP contribution in [0, 0.1) is 0 Å². The van der Waals surface area contributed by atoms with E-state index in [0.717, 1.165) is 12.1 Å². The molecule has 0 aliphatic rings. The molecule has 0 radical (unpaired) electrons. The number of benzene rings is 2. The molecule has 0 aliphatic heterocycles. The number of carboxylic acid groups (broad SMARTS) is 2. The predicted molar refractivity (Wildman–Crippen MR) is 96.0 cm³/mol. The Morgan fingerprint density at radius 3 is 2.03 bits per heavy atom. The van der Waals surface area contributed by atoms with Crippen LogP contribution in [0.5, 0.6) is 0 Å². The van der Waals surface area contributed by atoms with E-state index in [9.17, 15) is 27.6 Å². The van der Waals surface area contributed by atoms with Gasteiger partial charge in [-0.15, -0.1) is 0 Å². The number of nitrogens with zero attached hydrogens (tertiary/aromatic N) is 1. The van der Waals surface area contributed by atoms with E-state index in [2.05, 4.69) is 4.98 Å². The number of alkyl halides is 3. The van der Waals surface area contributed by atoms with Gasteiger partial charge in [0.1, 0.15) is 0 Å². The molecule has 0 saturated heterocycles. The second-order valence-corrected chi connectivity index (χ2v) is 5.74. The smallest absolute Gasteiger partial charge is 0.416 e. The van der Waals surface area contributed by atoms with Crippen molar-refractivity contribution in [2.24, 2.45) is 0 Å². The van der Waals surface area contributed by atoms with E-state index in [4.69, 9.17) is 10.2 Å². The van der Waals surface area contributed by atoms with E-state index in [0.29, 0.717) is 0 Å². The van der Waals surface area contributed by atoms with Crippen LogP contribution >= 0.6 is 0 Å². The van der Waals surface area contributed by atoms with Crippen molar-refractivity contribution < 1.29 is 33.0 Å². The lowest BCUT2D eigenvalue weighted by Crippen LogP contribution is -2.19. The maximum absolute atomic E-state index is 12.7. The molecule has 3 aromatic rings. The first-order valence-electron chi connectivity index (χ1n) is 8.05. The van der Waals surface area contributed by atoms with Crippen molar-refractivity contribution in [2.75, 3.05) is 0 Å². The highest BCUT2D eigenvalue weighted by atomic mass is 19.4. The summed E-state index contributed by atoms with van der Waals surface area (Å²) < 4.78 is 39.2. The van der Waals surface area contributed by atoms with Crippen molar-refractivity contribution in [3.05, 3.63) is 93.7 Å². The zero-order valence-electron chi connectivity index (χ0n) is 14.7. The third-order valence-electron chi connectivity index (χ3n) is 3.74. The van der Waals surface area contributed by atoms with Gasteiger partial charge in [0.25, 0.3) is 0 Å². The zero-order valence-corrected chi connectivity index (χ0v) is 14.7. The second-order valence-electron chi connectivity index (χ2n) is 5.74. The Morgan fingerprint density at radius 2 is 1.55 bits per heavy atom. The molecule has 3 rings (SSSR count). The number of hydrogen-bond acceptors (Lipinski definition) is 3. The number of imidazole rings is 1. The van der Waals surface area contributed by atoms with E-state index >= 15 is 0 Å². The number of aromatic amines is 1. The SMILES string of the molecule is O=C(O)c1cccc(C(=O)O)c1.O=c1[nH]ccn1Cc1ccccc1C(F)(F)F. The fourth-order valence-corrected chi connectivity index (χ4v) is 2.38. The summed E-state index contributed by atoms with van der Waals surface area (Å²) in [6.07, 6.45) is -1.61. The molecule has 1 aromatic heterocycles. The van der Waals surface area contributed by atoms with E-state index in [1.807, 2.05) is 0 Å². The Hall–Kier alpha value is -3.82. The summed E-state index contributed by atoms with van der Waals surface area (Å²) in [5.41, 5.74) is -1.11. The van der Waals surface area contributed by atoms with Crippen LogP contribution in [0.3, 0.4) is 0 Å². The Balaban J connectivity index is 0.000000221. The number of carbonyl (C=O) groups is 2. The molecule has 0 bridgehead atoms. The fourth-order valence-electron chi connectivity index (χ4n) is 2.38. The predicted octanol–water partition coefficient (Wildman–Crippen LogP) is 3.33. The Bertz CT molecular complexity index is 1040. The van der Waals surface area contributed by atoms with Crippen molar-refractivity contribution >= 4 is 11.9 Å². The van der Waals surface area contributed by atoms with Crippen LogP contribution < -0.4 is 5.69 Å². The van der Waals surface area contributed by atoms with Crippen LogP contribution in [-0.4, -0.2) is 31.7 Å². The monoisotopic (exact) mass is 408 g/mol. The quantitative estimate of drug-likeness (QED) is 0.613. The molecule has 0 spiro atoms. The first-order chi connectivity index (χ1) is 13.6. The lowest BCUT2D eigenvalue weighted by molar-refractivity contribution is -0.138. The molecule has 0 fully saturated rings. The van der Waals surface area contributed by atoms with Gasteiger partial charge in [-0.1, -0.05) is 24.3 Å². The van der Waals surface area contributed by atoms with Crippen molar-refractivity contribution in [3.8, 4) is 0 Å². The summed E-state index contributed by atoms with van der Waals surface area (Å²) in [4.78, 5) is 34.3. The molecule has 0 aliphatic carbocycles. The topological polar surface area (TPSA) is 112 Å². The maximum atomic E-state index is 12.7. The van der Waals surface area contributed by atoms with E-state index in [1.54, 1.807) is 0 Å². The standard InChI is InChI=1S/C11H9F3N2O.C8H6O4/c12-11(13,14)9-4-2-1-3-8(9)7-16-6-5-15-10(16)17;9-7(10)5-2-1-3-6(4-5)8(11)12/h1-6H,7H2,(H,15,17);1-4H,(H,9,10)(H,11,12). The third-order valence-corrected chi connectivity index (χ3v) is 3.74. The molecule has 7 nitrogen and oxygen atoms in total. The van der Waals surface area contributed by atoms with Crippen LogP contribution in [0.15, 0.2) is 65.7 Å². The van der Waals surface area contributed by atoms with Crippen molar-refractivity contribution in [1.29, 1.82) is 0 Å². The van der Waals surface area contributed by atoms with Crippen molar-refractivity contribution in [2.45, 2.75) is 12.7 Å². The van der Waals surface area contributed by atoms with Gasteiger partial charge in [-0.3, -0.25) is 4.57 Å². The number of aromatic carboxylic acids is 2. The average molecular weight is 408 g/mol. The van der Waals surface area contributed by atoms with E-state index in [1.165, 1.54) is 53.4 Å². The molecule has 10 heteroatoms. The third kappa shape index (κ3) is 5.83. The summed E-state index contributed by atoms with van der Waals surface area (Å²) in [5, 5.41) is 17.0. The molecule has 29 heavy (non-hydrogen) atoms. The Morgan fingerprint density at radius 1 is 0.966 bits per heavy atom. The first-order valence-corrected chi connectivity index (χ1v) is 8.05. The van der Waals surface area contributed by atoms with Gasteiger partial charge < -0.3 is 15.2 Å². The van der Waals surface area contributed by atoms with E-state index < -0.39 is 29.4 Å². The maximum Gasteiger partial charge on any atom is 0.416 e. The molecule has 0 unspecified atom stereocenters. The van der Waals surface area contributed by atoms with Gasteiger partial charge in [0, 0.05) is 12.4 Å². The van der Waals surface area contributed by atoms with Crippen LogP contribution in [0.25, 0.3) is 0 Å². The van der Waals surface area contributed by atoms with Gasteiger partial charge in [-0.25, -0.2) is 14.4 Å². The largest absolute Gasteiger partial charge is 0.478 e. The number of nitrogens with one attached hydrogen (secondary N) is 1. The summed E-state index contributed by atoms with van der Waals surface area (Å²) in [6, 6.07) is 10.4. The highest BCUT2D eigenvalue weighted by Crippen LogP contribution is 2.31. The van der Waals surface area contributed by atoms with Crippen LogP contribution in [-0.2, 0) is 12.7 Å². The normalized spacial score (nSPS) is 10.7. The number of halogens is 3. The molecule has 0 atom stereocenters. The van der Waals surface area contributed by atoms with Crippen LogP contribution in [0.1, 0.15) is 31.8 Å². The van der Waals surface area contributed by atoms with Gasteiger partial charge in [0.15, 0.2) is 0 Å². The number of H-pyrrole nitrogens is 1. The molecule has 1 heterocycles. The number of aromatic nitrogens is 2. The van der Waals surface area contributed by atoms with Crippen LogP contribution in [0.2, 0.25) is 0 Å². The van der Waals surface area contributed by atoms with Crippen molar-refractivity contribution in [1.82, 2.24) is 9.55 Å².